The molecular formula is C20H24F2N2O3. The summed E-state index contributed by atoms with van der Waals surface area (Å²) in [4.78, 5) is 12.0. The van der Waals surface area contributed by atoms with Gasteiger partial charge in [-0.25, -0.2) is 0 Å². The molecule has 0 bridgehead atoms. The van der Waals surface area contributed by atoms with Crippen LogP contribution in [-0.2, 0) is 13.1 Å². The number of rotatable bonds is 10. The molecule has 146 valence electrons. The van der Waals surface area contributed by atoms with Gasteiger partial charge in [0.05, 0.1) is 7.11 Å². The van der Waals surface area contributed by atoms with Gasteiger partial charge in [-0.15, -0.1) is 0 Å². The summed E-state index contributed by atoms with van der Waals surface area (Å²) in [5.41, 5.74) is 2.46. The van der Waals surface area contributed by atoms with Gasteiger partial charge in [-0.1, -0.05) is 25.1 Å². The Morgan fingerprint density at radius 3 is 2.48 bits per heavy atom. The number of benzene rings is 2. The highest BCUT2D eigenvalue weighted by Gasteiger charge is 2.11. The van der Waals surface area contributed by atoms with Gasteiger partial charge in [0.2, 0.25) is 0 Å². The minimum atomic E-state index is -2.90. The smallest absolute Gasteiger partial charge is 0.387 e. The fourth-order valence-electron chi connectivity index (χ4n) is 2.53. The van der Waals surface area contributed by atoms with Crippen LogP contribution >= 0.6 is 0 Å². The molecule has 0 unspecified atom stereocenters. The summed E-state index contributed by atoms with van der Waals surface area (Å²) in [5.74, 6) is 0.171. The monoisotopic (exact) mass is 378 g/mol. The van der Waals surface area contributed by atoms with Crippen molar-refractivity contribution in [3.63, 3.8) is 0 Å². The molecule has 0 saturated heterocycles. The maximum atomic E-state index is 12.4. The van der Waals surface area contributed by atoms with Crippen molar-refractivity contribution in [2.75, 3.05) is 13.7 Å². The maximum absolute atomic E-state index is 12.4. The van der Waals surface area contributed by atoms with Crippen molar-refractivity contribution < 1.29 is 23.0 Å². The van der Waals surface area contributed by atoms with E-state index in [1.807, 2.05) is 25.1 Å². The standard InChI is InChI=1S/C20H24F2N2O3/c1-3-9-24-19(25)16-6-4-5-14(10-16)12-23-13-15-7-8-17(27-20(21)22)18(11-15)26-2/h4-8,10-11,20,23H,3,9,12-13H2,1-2H3,(H,24,25). The number of hydrogen-bond acceptors (Lipinski definition) is 4. The van der Waals surface area contributed by atoms with E-state index in [2.05, 4.69) is 15.4 Å². The predicted octanol–water partition coefficient (Wildman–Crippen LogP) is 3.73. The van der Waals surface area contributed by atoms with Gasteiger partial charge in [0, 0.05) is 25.2 Å². The van der Waals surface area contributed by atoms with Gasteiger partial charge in [0.15, 0.2) is 11.5 Å². The second-order valence-electron chi connectivity index (χ2n) is 5.92. The lowest BCUT2D eigenvalue weighted by molar-refractivity contribution is -0.0512. The van der Waals surface area contributed by atoms with Gasteiger partial charge in [0.1, 0.15) is 0 Å². The number of carbonyl (C=O) groups excluding carboxylic acids is 1. The fourth-order valence-corrected chi connectivity index (χ4v) is 2.53. The normalized spacial score (nSPS) is 10.7. The Labute approximate surface area is 157 Å². The average Bonchev–Trinajstić information content (AvgIpc) is 2.67. The molecule has 2 aromatic rings. The van der Waals surface area contributed by atoms with E-state index < -0.39 is 6.61 Å². The molecule has 0 heterocycles. The van der Waals surface area contributed by atoms with Crippen molar-refractivity contribution >= 4 is 5.91 Å². The number of amides is 1. The van der Waals surface area contributed by atoms with E-state index in [0.717, 1.165) is 17.5 Å². The van der Waals surface area contributed by atoms with Crippen LogP contribution in [-0.4, -0.2) is 26.2 Å². The van der Waals surface area contributed by atoms with Crippen LogP contribution in [0, 0.1) is 0 Å². The molecule has 2 N–H and O–H groups in total. The Morgan fingerprint density at radius 1 is 1.07 bits per heavy atom. The quantitative estimate of drug-likeness (QED) is 0.662. The summed E-state index contributed by atoms with van der Waals surface area (Å²) in [6, 6.07) is 12.2. The molecule has 0 aliphatic carbocycles. The third-order valence-corrected chi connectivity index (χ3v) is 3.83. The van der Waals surface area contributed by atoms with Crippen molar-refractivity contribution in [1.29, 1.82) is 0 Å². The molecule has 0 spiro atoms. The van der Waals surface area contributed by atoms with Gasteiger partial charge in [-0.3, -0.25) is 4.79 Å². The number of methoxy groups -OCH3 is 1. The Hall–Kier alpha value is -2.67. The summed E-state index contributed by atoms with van der Waals surface area (Å²) in [6.07, 6.45) is 0.887. The zero-order chi connectivity index (χ0) is 19.6. The van der Waals surface area contributed by atoms with E-state index in [1.54, 1.807) is 18.2 Å². The van der Waals surface area contributed by atoms with E-state index in [-0.39, 0.29) is 17.4 Å². The van der Waals surface area contributed by atoms with Crippen molar-refractivity contribution in [3.05, 3.63) is 59.2 Å². The van der Waals surface area contributed by atoms with E-state index in [9.17, 15) is 13.6 Å². The molecule has 0 radical (unpaired) electrons. The first kappa shape index (κ1) is 20.6. The van der Waals surface area contributed by atoms with Gasteiger partial charge in [-0.2, -0.15) is 8.78 Å². The number of hydrogen-bond donors (Lipinski definition) is 2. The SMILES string of the molecule is CCCNC(=O)c1cccc(CNCc2ccc(OC(F)F)c(OC)c2)c1. The van der Waals surface area contributed by atoms with Crippen LogP contribution in [0.4, 0.5) is 8.78 Å². The lowest BCUT2D eigenvalue weighted by Crippen LogP contribution is -2.24. The van der Waals surface area contributed by atoms with Gasteiger partial charge in [0.25, 0.3) is 5.91 Å². The summed E-state index contributed by atoms with van der Waals surface area (Å²) in [5, 5.41) is 6.11. The third-order valence-electron chi connectivity index (χ3n) is 3.83. The summed E-state index contributed by atoms with van der Waals surface area (Å²) in [7, 11) is 1.40. The molecule has 0 aliphatic heterocycles. The molecule has 27 heavy (non-hydrogen) atoms. The van der Waals surface area contributed by atoms with Crippen LogP contribution in [0.1, 0.15) is 34.8 Å². The van der Waals surface area contributed by atoms with Crippen LogP contribution in [0.3, 0.4) is 0 Å². The Morgan fingerprint density at radius 2 is 1.81 bits per heavy atom. The molecule has 0 atom stereocenters. The summed E-state index contributed by atoms with van der Waals surface area (Å²) in [6.45, 7) is 0.824. The second-order valence-corrected chi connectivity index (χ2v) is 5.92. The van der Waals surface area contributed by atoms with Crippen LogP contribution < -0.4 is 20.1 Å². The van der Waals surface area contributed by atoms with Crippen LogP contribution in [0.25, 0.3) is 0 Å². The highest BCUT2D eigenvalue weighted by molar-refractivity contribution is 5.94. The summed E-state index contributed by atoms with van der Waals surface area (Å²) < 4.78 is 34.2. The van der Waals surface area contributed by atoms with Gasteiger partial charge < -0.3 is 20.1 Å². The van der Waals surface area contributed by atoms with Crippen molar-refractivity contribution in [3.8, 4) is 11.5 Å². The summed E-state index contributed by atoms with van der Waals surface area (Å²) >= 11 is 0. The number of carbonyl (C=O) groups is 1. The molecule has 2 rings (SSSR count). The van der Waals surface area contributed by atoms with Crippen molar-refractivity contribution in [1.82, 2.24) is 10.6 Å². The average molecular weight is 378 g/mol. The molecule has 0 aliphatic rings. The third kappa shape index (κ3) is 6.53. The Kier molecular flexibility index (Phi) is 8.00. The highest BCUT2D eigenvalue weighted by atomic mass is 19.3. The number of ether oxygens (including phenoxy) is 2. The Bertz CT molecular complexity index is 754. The lowest BCUT2D eigenvalue weighted by Gasteiger charge is -2.12. The predicted molar refractivity (Wildman–Crippen MR) is 99.2 cm³/mol. The molecule has 0 saturated carbocycles. The van der Waals surface area contributed by atoms with Crippen molar-refractivity contribution in [2.45, 2.75) is 33.0 Å². The van der Waals surface area contributed by atoms with Gasteiger partial charge >= 0.3 is 6.61 Å². The minimum absolute atomic E-state index is 0.00189. The molecule has 0 fully saturated rings. The Balaban J connectivity index is 1.93. The molecule has 2 aromatic carbocycles. The molecule has 7 heteroatoms. The van der Waals surface area contributed by atoms with E-state index in [1.165, 1.54) is 13.2 Å². The lowest BCUT2D eigenvalue weighted by atomic mass is 10.1. The minimum Gasteiger partial charge on any atom is -0.493 e. The van der Waals surface area contributed by atoms with Crippen LogP contribution in [0.15, 0.2) is 42.5 Å². The number of nitrogens with one attached hydrogen (secondary N) is 2. The van der Waals surface area contributed by atoms with E-state index >= 15 is 0 Å². The molecule has 5 nitrogen and oxygen atoms in total. The van der Waals surface area contributed by atoms with E-state index in [4.69, 9.17) is 4.74 Å². The molecular weight excluding hydrogens is 354 g/mol. The van der Waals surface area contributed by atoms with Crippen molar-refractivity contribution in [2.24, 2.45) is 0 Å². The largest absolute Gasteiger partial charge is 0.493 e. The zero-order valence-electron chi connectivity index (χ0n) is 15.4. The van der Waals surface area contributed by atoms with Gasteiger partial charge in [-0.05, 0) is 41.8 Å². The topological polar surface area (TPSA) is 59.6 Å². The highest BCUT2D eigenvalue weighted by Crippen LogP contribution is 2.29. The first-order chi connectivity index (χ1) is 13.0. The van der Waals surface area contributed by atoms with Crippen LogP contribution in [0.2, 0.25) is 0 Å². The second kappa shape index (κ2) is 10.5. The number of halogens is 2. The number of alkyl halides is 2. The fraction of sp³-hybridized carbons (Fsp3) is 0.350. The zero-order valence-corrected chi connectivity index (χ0v) is 15.4. The first-order valence-electron chi connectivity index (χ1n) is 8.73. The maximum Gasteiger partial charge on any atom is 0.387 e. The van der Waals surface area contributed by atoms with E-state index in [0.29, 0.717) is 25.2 Å². The molecule has 1 amide bonds. The van der Waals surface area contributed by atoms with Crippen LogP contribution in [0.5, 0.6) is 11.5 Å². The molecule has 0 aromatic heterocycles. The first-order valence-corrected chi connectivity index (χ1v) is 8.73.